The van der Waals surface area contributed by atoms with Crippen LogP contribution in [0.1, 0.15) is 23.4 Å². The molecule has 0 saturated heterocycles. The third-order valence-electron chi connectivity index (χ3n) is 3.76. The monoisotopic (exact) mass is 297 g/mol. The van der Waals surface area contributed by atoms with E-state index in [1.807, 2.05) is 0 Å². The molecule has 1 heterocycles. The Balaban J connectivity index is 1.84. The fraction of sp³-hybridized carbons (Fsp3) is 0.222. The fourth-order valence-electron chi connectivity index (χ4n) is 2.57. The van der Waals surface area contributed by atoms with Gasteiger partial charge in [-0.3, -0.25) is 0 Å². The molecule has 21 heavy (non-hydrogen) atoms. The van der Waals surface area contributed by atoms with Crippen LogP contribution < -0.4 is 10.1 Å². The minimum absolute atomic E-state index is 0.367. The summed E-state index contributed by atoms with van der Waals surface area (Å²) in [4.78, 5) is 1.37. The van der Waals surface area contributed by atoms with E-state index in [0.29, 0.717) is 6.04 Å². The van der Waals surface area contributed by atoms with Gasteiger partial charge in [0, 0.05) is 22.8 Å². The zero-order valence-corrected chi connectivity index (χ0v) is 13.1. The van der Waals surface area contributed by atoms with Gasteiger partial charge in [-0.2, -0.15) is 0 Å². The van der Waals surface area contributed by atoms with E-state index >= 15 is 0 Å². The Morgan fingerprint density at radius 1 is 1.05 bits per heavy atom. The van der Waals surface area contributed by atoms with E-state index in [0.717, 1.165) is 12.3 Å². The predicted molar refractivity (Wildman–Crippen MR) is 90.1 cm³/mol. The first kappa shape index (κ1) is 14.1. The number of hydrogen-bond donors (Lipinski definition) is 1. The van der Waals surface area contributed by atoms with Crippen molar-refractivity contribution in [1.29, 1.82) is 0 Å². The van der Waals surface area contributed by atoms with Crippen molar-refractivity contribution < 1.29 is 4.74 Å². The van der Waals surface area contributed by atoms with Crippen LogP contribution in [0.15, 0.2) is 53.9 Å². The molecule has 1 unspecified atom stereocenters. The molecule has 3 heteroatoms. The SMILES string of the molecule is COc1ccc(CNC(C)c2cccs2)c2ccccc12. The molecule has 1 N–H and O–H groups in total. The molecule has 1 atom stereocenters. The summed E-state index contributed by atoms with van der Waals surface area (Å²) in [6, 6.07) is 17.2. The molecule has 0 aliphatic carbocycles. The smallest absolute Gasteiger partial charge is 0.126 e. The highest BCUT2D eigenvalue weighted by atomic mass is 32.1. The lowest BCUT2D eigenvalue weighted by Gasteiger charge is -2.15. The van der Waals surface area contributed by atoms with E-state index in [9.17, 15) is 0 Å². The maximum Gasteiger partial charge on any atom is 0.126 e. The number of methoxy groups -OCH3 is 1. The second-order valence-electron chi connectivity index (χ2n) is 5.09. The van der Waals surface area contributed by atoms with Crippen LogP contribution in [0.2, 0.25) is 0 Å². The van der Waals surface area contributed by atoms with Gasteiger partial charge in [0.15, 0.2) is 0 Å². The third kappa shape index (κ3) is 2.94. The molecule has 1 aromatic heterocycles. The number of thiophene rings is 1. The number of ether oxygens (including phenoxy) is 1. The van der Waals surface area contributed by atoms with Gasteiger partial charge in [0.1, 0.15) is 5.75 Å². The van der Waals surface area contributed by atoms with Crippen molar-refractivity contribution in [1.82, 2.24) is 5.32 Å². The Morgan fingerprint density at radius 2 is 1.86 bits per heavy atom. The number of rotatable bonds is 5. The van der Waals surface area contributed by atoms with Crippen molar-refractivity contribution in [3.05, 3.63) is 64.4 Å². The summed E-state index contributed by atoms with van der Waals surface area (Å²) in [5.74, 6) is 0.931. The van der Waals surface area contributed by atoms with Gasteiger partial charge < -0.3 is 10.1 Å². The summed E-state index contributed by atoms with van der Waals surface area (Å²) in [6.07, 6.45) is 0. The molecule has 108 valence electrons. The first-order valence-electron chi connectivity index (χ1n) is 7.11. The molecule has 0 aliphatic rings. The maximum atomic E-state index is 5.45. The van der Waals surface area contributed by atoms with Gasteiger partial charge in [0.25, 0.3) is 0 Å². The van der Waals surface area contributed by atoms with Gasteiger partial charge in [-0.15, -0.1) is 11.3 Å². The minimum atomic E-state index is 0.367. The lowest BCUT2D eigenvalue weighted by Crippen LogP contribution is -2.17. The van der Waals surface area contributed by atoms with Crippen LogP contribution in [0.25, 0.3) is 10.8 Å². The van der Waals surface area contributed by atoms with Crippen molar-refractivity contribution in [3.8, 4) is 5.75 Å². The molecular formula is C18H19NOS. The fourth-order valence-corrected chi connectivity index (χ4v) is 3.33. The van der Waals surface area contributed by atoms with Gasteiger partial charge in [-0.25, -0.2) is 0 Å². The highest BCUT2D eigenvalue weighted by Gasteiger charge is 2.09. The zero-order valence-electron chi connectivity index (χ0n) is 12.3. The van der Waals surface area contributed by atoms with Crippen LogP contribution in [-0.2, 0) is 6.54 Å². The lowest BCUT2D eigenvalue weighted by molar-refractivity contribution is 0.419. The van der Waals surface area contributed by atoms with Gasteiger partial charge in [0.2, 0.25) is 0 Å². The number of hydrogen-bond acceptors (Lipinski definition) is 3. The molecule has 0 aliphatic heterocycles. The molecular weight excluding hydrogens is 278 g/mol. The summed E-state index contributed by atoms with van der Waals surface area (Å²) in [5.41, 5.74) is 1.30. The number of fused-ring (bicyclic) bond motifs is 1. The number of nitrogens with one attached hydrogen (secondary N) is 1. The van der Waals surface area contributed by atoms with Gasteiger partial charge >= 0.3 is 0 Å². The van der Waals surface area contributed by atoms with Crippen LogP contribution in [-0.4, -0.2) is 7.11 Å². The van der Waals surface area contributed by atoms with Gasteiger partial charge in [-0.05, 0) is 35.4 Å². The quantitative estimate of drug-likeness (QED) is 0.733. The van der Waals surface area contributed by atoms with Gasteiger partial charge in [-0.1, -0.05) is 36.4 Å². The highest BCUT2D eigenvalue weighted by Crippen LogP contribution is 2.28. The molecule has 0 amide bonds. The van der Waals surface area contributed by atoms with Crippen LogP contribution in [0.5, 0.6) is 5.75 Å². The molecule has 2 aromatic carbocycles. The molecule has 0 radical (unpaired) electrons. The first-order valence-corrected chi connectivity index (χ1v) is 7.99. The van der Waals surface area contributed by atoms with Crippen LogP contribution in [0.3, 0.4) is 0 Å². The third-order valence-corrected chi connectivity index (χ3v) is 4.82. The molecule has 3 aromatic rings. The van der Waals surface area contributed by atoms with E-state index in [1.54, 1.807) is 18.4 Å². The van der Waals surface area contributed by atoms with E-state index in [2.05, 4.69) is 66.2 Å². The summed E-state index contributed by atoms with van der Waals surface area (Å²) < 4.78 is 5.45. The Hall–Kier alpha value is -1.84. The summed E-state index contributed by atoms with van der Waals surface area (Å²) >= 11 is 1.79. The van der Waals surface area contributed by atoms with E-state index in [-0.39, 0.29) is 0 Å². The Bertz CT molecular complexity index is 721. The van der Waals surface area contributed by atoms with Crippen molar-refractivity contribution in [2.45, 2.75) is 19.5 Å². The largest absolute Gasteiger partial charge is 0.496 e. The maximum absolute atomic E-state index is 5.45. The normalized spacial score (nSPS) is 12.5. The topological polar surface area (TPSA) is 21.3 Å². The Kier molecular flexibility index (Phi) is 4.23. The molecule has 3 rings (SSSR count). The first-order chi connectivity index (χ1) is 10.3. The summed E-state index contributed by atoms with van der Waals surface area (Å²) in [7, 11) is 1.72. The Morgan fingerprint density at radius 3 is 2.57 bits per heavy atom. The second kappa shape index (κ2) is 6.29. The lowest BCUT2D eigenvalue weighted by atomic mass is 10.0. The summed E-state index contributed by atoms with van der Waals surface area (Å²) in [6.45, 7) is 3.06. The van der Waals surface area contributed by atoms with E-state index < -0.39 is 0 Å². The van der Waals surface area contributed by atoms with Crippen LogP contribution in [0, 0.1) is 0 Å². The average molecular weight is 297 g/mol. The standard InChI is InChI=1S/C18H19NOS/c1-13(18-8-5-11-21-18)19-12-14-9-10-17(20-2)16-7-4-3-6-15(14)16/h3-11,13,19H,12H2,1-2H3. The second-order valence-corrected chi connectivity index (χ2v) is 6.07. The van der Waals surface area contributed by atoms with Crippen molar-refractivity contribution in [3.63, 3.8) is 0 Å². The molecule has 0 spiro atoms. The Labute approximate surface area is 129 Å². The predicted octanol–water partition coefficient (Wildman–Crippen LogP) is 4.76. The highest BCUT2D eigenvalue weighted by molar-refractivity contribution is 7.10. The van der Waals surface area contributed by atoms with Crippen molar-refractivity contribution in [2.75, 3.05) is 7.11 Å². The number of benzene rings is 2. The van der Waals surface area contributed by atoms with Crippen molar-refractivity contribution in [2.24, 2.45) is 0 Å². The van der Waals surface area contributed by atoms with Crippen molar-refractivity contribution >= 4 is 22.1 Å². The average Bonchev–Trinajstić information content (AvgIpc) is 3.06. The molecule has 0 saturated carbocycles. The van der Waals surface area contributed by atoms with Crippen LogP contribution >= 0.6 is 11.3 Å². The summed E-state index contributed by atoms with van der Waals surface area (Å²) in [5, 5.41) is 8.14. The van der Waals surface area contributed by atoms with Gasteiger partial charge in [0.05, 0.1) is 7.11 Å². The van der Waals surface area contributed by atoms with Crippen LogP contribution in [0.4, 0.5) is 0 Å². The molecule has 0 fully saturated rings. The van der Waals surface area contributed by atoms with E-state index in [4.69, 9.17) is 4.74 Å². The zero-order chi connectivity index (χ0) is 14.7. The van der Waals surface area contributed by atoms with E-state index in [1.165, 1.54) is 21.2 Å². The minimum Gasteiger partial charge on any atom is -0.496 e. The molecule has 2 nitrogen and oxygen atoms in total. The molecule has 0 bridgehead atoms.